The summed E-state index contributed by atoms with van der Waals surface area (Å²) in [4.78, 5) is 14.0. The molecule has 4 nitrogen and oxygen atoms in total. The molecule has 0 aromatic rings. The van der Waals surface area contributed by atoms with Crippen molar-refractivity contribution in [3.05, 3.63) is 12.2 Å². The fourth-order valence-corrected chi connectivity index (χ4v) is 11.9. The zero-order valence-electron chi connectivity index (χ0n) is 25.7. The predicted molar refractivity (Wildman–Crippen MR) is 152 cm³/mol. The molecule has 0 spiro atoms. The van der Waals surface area contributed by atoms with E-state index in [9.17, 15) is 15.0 Å². The lowest BCUT2D eigenvalue weighted by Crippen LogP contribution is -2.67. The van der Waals surface area contributed by atoms with Gasteiger partial charge in [0.1, 0.15) is 5.60 Å². The van der Waals surface area contributed by atoms with Crippen molar-refractivity contribution in [1.82, 2.24) is 0 Å². The molecule has 0 aliphatic heterocycles. The number of hydrogen-bond acceptors (Lipinski definition) is 4. The summed E-state index contributed by atoms with van der Waals surface area (Å²) in [5.41, 5.74) is 0.441. The van der Waals surface area contributed by atoms with Gasteiger partial charge in [-0.1, -0.05) is 39.8 Å². The smallest absolute Gasteiger partial charge is 0.312 e. The number of esters is 1. The molecule has 4 heteroatoms. The lowest BCUT2D eigenvalue weighted by molar-refractivity contribution is -0.255. The highest BCUT2D eigenvalue weighted by atomic mass is 16.6. The minimum Gasteiger partial charge on any atom is -0.460 e. The molecule has 38 heavy (non-hydrogen) atoms. The summed E-state index contributed by atoms with van der Waals surface area (Å²) >= 11 is 0. The van der Waals surface area contributed by atoms with Crippen LogP contribution in [0.4, 0.5) is 0 Å². The van der Waals surface area contributed by atoms with Gasteiger partial charge < -0.3 is 14.9 Å². The average Bonchev–Trinajstić information content (AvgIpc) is 3.22. The molecule has 0 aromatic heterocycles. The van der Waals surface area contributed by atoms with Crippen molar-refractivity contribution in [3.8, 4) is 0 Å². The lowest BCUT2D eigenvalue weighted by atomic mass is 9.32. The van der Waals surface area contributed by atoms with Crippen LogP contribution in [0.25, 0.3) is 0 Å². The standard InChI is InChI=1S/C34H56O4/c1-21(2)22-12-17-34(28(37)38-29(3,4)5)19-18-32(8)23(27(22)34)10-11-25-30(6)15-14-26(36)31(7,20-35)24(30)13-16-33(25,32)9/h22-27,35-36H,1,10-20H2,2-9H3/t22-,23?,24?,25?,26-,27?,30-,31-,32+,33+,34-/m0/s1. The van der Waals surface area contributed by atoms with E-state index in [-0.39, 0.29) is 34.2 Å². The van der Waals surface area contributed by atoms with E-state index in [2.05, 4.69) is 41.2 Å². The van der Waals surface area contributed by atoms with Crippen molar-refractivity contribution in [2.45, 2.75) is 131 Å². The number of aliphatic hydroxyl groups is 2. The van der Waals surface area contributed by atoms with Crippen LogP contribution in [0.15, 0.2) is 12.2 Å². The van der Waals surface area contributed by atoms with E-state index in [1.54, 1.807) is 0 Å². The molecule has 0 aromatic carbocycles. The maximum absolute atomic E-state index is 14.0. The highest BCUT2D eigenvalue weighted by Gasteiger charge is 2.72. The first kappa shape index (κ1) is 28.7. The third kappa shape index (κ3) is 3.63. The van der Waals surface area contributed by atoms with E-state index >= 15 is 0 Å². The molecule has 5 saturated carbocycles. The predicted octanol–water partition coefficient (Wildman–Crippen LogP) is 7.32. The Morgan fingerprint density at radius 2 is 1.58 bits per heavy atom. The van der Waals surface area contributed by atoms with Crippen molar-refractivity contribution < 1.29 is 19.7 Å². The fourth-order valence-electron chi connectivity index (χ4n) is 11.9. The number of carbonyl (C=O) groups excluding carboxylic acids is 1. The van der Waals surface area contributed by atoms with Gasteiger partial charge >= 0.3 is 5.97 Å². The Morgan fingerprint density at radius 3 is 2.18 bits per heavy atom. The molecule has 0 amide bonds. The van der Waals surface area contributed by atoms with E-state index in [1.165, 1.54) is 12.0 Å². The molecular weight excluding hydrogens is 472 g/mol. The molecule has 0 radical (unpaired) electrons. The number of hydrogen-bond donors (Lipinski definition) is 2. The summed E-state index contributed by atoms with van der Waals surface area (Å²) in [6.07, 6.45) is 10.0. The lowest BCUT2D eigenvalue weighted by Gasteiger charge is -2.72. The summed E-state index contributed by atoms with van der Waals surface area (Å²) in [5.74, 6) is 2.17. The number of carbonyl (C=O) groups is 1. The van der Waals surface area contributed by atoms with Crippen molar-refractivity contribution in [1.29, 1.82) is 0 Å². The summed E-state index contributed by atoms with van der Waals surface area (Å²) in [6.45, 7) is 22.5. The van der Waals surface area contributed by atoms with E-state index in [4.69, 9.17) is 4.74 Å². The first-order valence-electron chi connectivity index (χ1n) is 15.7. The van der Waals surface area contributed by atoms with Crippen LogP contribution in [-0.2, 0) is 9.53 Å². The fraction of sp³-hybridized carbons (Fsp3) is 0.912. The number of allylic oxidation sites excluding steroid dienone is 1. The summed E-state index contributed by atoms with van der Waals surface area (Å²) < 4.78 is 6.17. The van der Waals surface area contributed by atoms with Crippen LogP contribution in [-0.4, -0.2) is 34.5 Å². The monoisotopic (exact) mass is 528 g/mol. The minimum atomic E-state index is -0.472. The van der Waals surface area contributed by atoms with Crippen LogP contribution < -0.4 is 0 Å². The van der Waals surface area contributed by atoms with Crippen molar-refractivity contribution in [2.24, 2.45) is 56.7 Å². The summed E-state index contributed by atoms with van der Waals surface area (Å²) in [7, 11) is 0. The van der Waals surface area contributed by atoms with Gasteiger partial charge in [0.15, 0.2) is 0 Å². The Labute approximate surface area is 232 Å². The highest BCUT2D eigenvalue weighted by molar-refractivity contribution is 5.78. The van der Waals surface area contributed by atoms with Crippen molar-refractivity contribution in [3.63, 3.8) is 0 Å². The maximum Gasteiger partial charge on any atom is 0.312 e. The molecule has 216 valence electrons. The minimum absolute atomic E-state index is 0.0451. The van der Waals surface area contributed by atoms with E-state index in [0.717, 1.165) is 57.8 Å². The van der Waals surface area contributed by atoms with Gasteiger partial charge in [0, 0.05) is 5.41 Å². The third-order valence-corrected chi connectivity index (χ3v) is 14.0. The normalized spacial score (nSPS) is 52.3. The number of ether oxygens (including phenoxy) is 1. The second kappa shape index (κ2) is 8.81. The van der Waals surface area contributed by atoms with Crippen molar-refractivity contribution >= 4 is 5.97 Å². The van der Waals surface area contributed by atoms with Gasteiger partial charge in [-0.2, -0.15) is 0 Å². The largest absolute Gasteiger partial charge is 0.460 e. The molecule has 5 fully saturated rings. The van der Waals surface area contributed by atoms with Crippen LogP contribution in [0.3, 0.4) is 0 Å². The van der Waals surface area contributed by atoms with Gasteiger partial charge in [0.05, 0.1) is 18.1 Å². The molecule has 0 heterocycles. The SMILES string of the molecule is C=C(C)[C@@H]1CC[C@]2(C(=O)OC(C)(C)C)CC[C@]3(C)C(CCC4[C@@]5(C)CC[C@H](O)[C@@](C)(CO)C5CC[C@]43C)C12. The Balaban J connectivity index is 1.55. The van der Waals surface area contributed by atoms with Crippen LogP contribution in [0.2, 0.25) is 0 Å². The highest BCUT2D eigenvalue weighted by Crippen LogP contribution is 2.77. The molecule has 4 unspecified atom stereocenters. The Hall–Kier alpha value is -0.870. The van der Waals surface area contributed by atoms with Crippen LogP contribution in [0, 0.1) is 56.7 Å². The third-order valence-electron chi connectivity index (χ3n) is 14.0. The van der Waals surface area contributed by atoms with Gasteiger partial charge in [-0.25, -0.2) is 0 Å². The molecule has 11 atom stereocenters. The molecular formula is C34H56O4. The number of fused-ring (bicyclic) bond motifs is 7. The van der Waals surface area contributed by atoms with Gasteiger partial charge in [0.25, 0.3) is 0 Å². The zero-order valence-corrected chi connectivity index (χ0v) is 25.7. The first-order valence-corrected chi connectivity index (χ1v) is 15.7. The van der Waals surface area contributed by atoms with E-state index < -0.39 is 17.1 Å². The van der Waals surface area contributed by atoms with Crippen LogP contribution in [0.5, 0.6) is 0 Å². The molecule has 0 bridgehead atoms. The Morgan fingerprint density at radius 1 is 0.895 bits per heavy atom. The van der Waals surface area contributed by atoms with Gasteiger partial charge in [0.2, 0.25) is 0 Å². The first-order chi connectivity index (χ1) is 17.5. The summed E-state index contributed by atoms with van der Waals surface area (Å²) in [6, 6.07) is 0. The molecule has 5 aliphatic carbocycles. The van der Waals surface area contributed by atoms with Gasteiger partial charge in [-0.05, 0) is 138 Å². The van der Waals surface area contributed by atoms with E-state index in [0.29, 0.717) is 29.6 Å². The number of rotatable bonds is 3. The second-order valence-electron chi connectivity index (χ2n) is 16.6. The topological polar surface area (TPSA) is 66.8 Å². The second-order valence-corrected chi connectivity index (χ2v) is 16.6. The maximum atomic E-state index is 14.0. The quantitative estimate of drug-likeness (QED) is 0.297. The van der Waals surface area contributed by atoms with Crippen LogP contribution in [0.1, 0.15) is 120 Å². The van der Waals surface area contributed by atoms with E-state index in [1.807, 2.05) is 20.8 Å². The molecule has 5 aliphatic rings. The number of aliphatic hydroxyl groups excluding tert-OH is 2. The zero-order chi connectivity index (χ0) is 28.1. The van der Waals surface area contributed by atoms with Crippen LogP contribution >= 0.6 is 0 Å². The Kier molecular flexibility index (Phi) is 6.64. The molecule has 5 rings (SSSR count). The van der Waals surface area contributed by atoms with Crippen molar-refractivity contribution in [2.75, 3.05) is 6.61 Å². The Bertz CT molecular complexity index is 981. The summed E-state index contributed by atoms with van der Waals surface area (Å²) in [5, 5.41) is 21.5. The van der Waals surface area contributed by atoms with Gasteiger partial charge in [-0.15, -0.1) is 0 Å². The average molecular weight is 529 g/mol. The molecule has 0 saturated heterocycles. The molecule has 2 N–H and O–H groups in total. The van der Waals surface area contributed by atoms with Gasteiger partial charge in [-0.3, -0.25) is 4.79 Å².